The van der Waals surface area contributed by atoms with Crippen molar-refractivity contribution in [2.75, 3.05) is 19.6 Å². The van der Waals surface area contributed by atoms with Gasteiger partial charge in [0.1, 0.15) is 5.82 Å². The minimum Gasteiger partial charge on any atom is -0.360 e. The Hall–Kier alpha value is -3.93. The lowest BCUT2D eigenvalue weighted by molar-refractivity contribution is -0.132. The molecule has 1 aliphatic heterocycles. The molecule has 0 atom stereocenters. The molecular weight excluding hydrogens is 417 g/mol. The lowest BCUT2D eigenvalue weighted by atomic mass is 9.99. The van der Waals surface area contributed by atoms with E-state index in [0.717, 1.165) is 38.4 Å². The number of fused-ring (bicyclic) bond motifs is 2. The average molecular weight is 442 g/mol. The maximum atomic E-state index is 13.4. The van der Waals surface area contributed by atoms with Crippen LogP contribution in [0.5, 0.6) is 0 Å². The molecule has 166 valence electrons. The Bertz CT molecular complexity index is 1380. The minimum atomic E-state index is -0.271. The summed E-state index contributed by atoms with van der Waals surface area (Å²) in [6.07, 6.45) is 4.87. The molecule has 2 heterocycles. The summed E-state index contributed by atoms with van der Waals surface area (Å²) in [6.45, 7) is 1.05. The van der Waals surface area contributed by atoms with Gasteiger partial charge in [0, 0.05) is 35.8 Å². The van der Waals surface area contributed by atoms with Crippen LogP contribution in [-0.2, 0) is 16.0 Å². The van der Waals surface area contributed by atoms with Crippen molar-refractivity contribution < 1.29 is 14.0 Å². The van der Waals surface area contributed by atoms with Gasteiger partial charge in [-0.25, -0.2) is 4.39 Å². The van der Waals surface area contributed by atoms with Crippen molar-refractivity contribution in [1.82, 2.24) is 15.2 Å². The van der Waals surface area contributed by atoms with Crippen LogP contribution >= 0.6 is 0 Å². The summed E-state index contributed by atoms with van der Waals surface area (Å²) in [6, 6.07) is 18.6. The first-order valence-electron chi connectivity index (χ1n) is 11.1. The average Bonchev–Trinajstić information content (AvgIpc) is 3.26. The Morgan fingerprint density at radius 2 is 1.88 bits per heavy atom. The molecule has 0 unspecified atom stereocenters. The van der Waals surface area contributed by atoms with E-state index in [2.05, 4.69) is 10.3 Å². The Morgan fingerprint density at radius 3 is 2.73 bits per heavy atom. The Kier molecular flexibility index (Phi) is 5.65. The topological polar surface area (TPSA) is 65.2 Å². The molecule has 0 spiro atoms. The molecule has 0 bridgehead atoms. The lowest BCUT2D eigenvalue weighted by Crippen LogP contribution is -2.42. The van der Waals surface area contributed by atoms with Gasteiger partial charge in [0.25, 0.3) is 0 Å². The molecule has 1 aromatic heterocycles. The first-order chi connectivity index (χ1) is 16.1. The van der Waals surface area contributed by atoms with Gasteiger partial charge >= 0.3 is 0 Å². The number of carbonyl (C=O) groups is 2. The van der Waals surface area contributed by atoms with Crippen molar-refractivity contribution in [3.05, 3.63) is 89.9 Å². The number of amides is 2. The number of aromatic nitrogens is 1. The molecule has 0 fully saturated rings. The van der Waals surface area contributed by atoms with Crippen LogP contribution in [0, 0.1) is 5.82 Å². The van der Waals surface area contributed by atoms with Crippen molar-refractivity contribution in [2.45, 2.75) is 12.8 Å². The largest absolute Gasteiger partial charge is 0.360 e. The maximum Gasteiger partial charge on any atom is 0.242 e. The zero-order valence-electron chi connectivity index (χ0n) is 18.1. The molecule has 0 saturated carbocycles. The molecule has 0 saturated heterocycles. The SMILES string of the molecule is O=C(Cc1cccc2ccccc12)NCC(=O)N1CC=C(c2c[nH]c3cc(F)ccc23)CC1. The monoisotopic (exact) mass is 441 g/mol. The van der Waals surface area contributed by atoms with Gasteiger partial charge in [-0.2, -0.15) is 0 Å². The van der Waals surface area contributed by atoms with Crippen LogP contribution in [0.3, 0.4) is 0 Å². The highest BCUT2D eigenvalue weighted by Gasteiger charge is 2.20. The van der Waals surface area contributed by atoms with Crippen molar-refractivity contribution >= 4 is 39.1 Å². The predicted octanol–water partition coefficient (Wildman–Crippen LogP) is 4.43. The van der Waals surface area contributed by atoms with E-state index in [9.17, 15) is 14.0 Å². The van der Waals surface area contributed by atoms with E-state index in [-0.39, 0.29) is 30.6 Å². The van der Waals surface area contributed by atoms with Crippen molar-refractivity contribution in [3.63, 3.8) is 0 Å². The molecule has 2 amide bonds. The summed E-state index contributed by atoms with van der Waals surface area (Å²) in [5, 5.41) is 5.89. The Labute approximate surface area is 190 Å². The summed E-state index contributed by atoms with van der Waals surface area (Å²) in [7, 11) is 0. The highest BCUT2D eigenvalue weighted by atomic mass is 19.1. The van der Waals surface area contributed by atoms with Gasteiger partial charge in [0.15, 0.2) is 0 Å². The fraction of sp³-hybridized carbons (Fsp3) is 0.185. The highest BCUT2D eigenvalue weighted by molar-refractivity contribution is 5.94. The van der Waals surface area contributed by atoms with Crippen LogP contribution in [0.1, 0.15) is 17.5 Å². The second-order valence-electron chi connectivity index (χ2n) is 8.30. The standard InChI is InChI=1S/C27H24FN3O2/c28-21-8-9-23-24(16-29-25(23)15-21)19-10-12-31(13-11-19)27(33)17-30-26(32)14-20-6-3-5-18-4-1-2-7-22(18)20/h1-10,15-16,29H,11-14,17H2,(H,30,32). The summed E-state index contributed by atoms with van der Waals surface area (Å²) < 4.78 is 13.4. The fourth-order valence-corrected chi connectivity index (χ4v) is 4.47. The number of H-pyrrole nitrogens is 1. The molecule has 33 heavy (non-hydrogen) atoms. The summed E-state index contributed by atoms with van der Waals surface area (Å²) in [5.41, 5.74) is 3.89. The van der Waals surface area contributed by atoms with Crippen LogP contribution < -0.4 is 5.32 Å². The molecule has 6 heteroatoms. The number of nitrogens with one attached hydrogen (secondary N) is 2. The molecule has 5 nitrogen and oxygen atoms in total. The summed E-state index contributed by atoms with van der Waals surface area (Å²) in [4.78, 5) is 30.0. The normalized spacial score (nSPS) is 13.8. The third-order valence-electron chi connectivity index (χ3n) is 6.22. The molecule has 1 aliphatic rings. The van der Waals surface area contributed by atoms with E-state index in [1.807, 2.05) is 54.7 Å². The van der Waals surface area contributed by atoms with Gasteiger partial charge in [-0.3, -0.25) is 9.59 Å². The van der Waals surface area contributed by atoms with Crippen LogP contribution in [0.25, 0.3) is 27.2 Å². The molecule has 5 rings (SSSR count). The van der Waals surface area contributed by atoms with Gasteiger partial charge in [-0.05, 0) is 46.5 Å². The van der Waals surface area contributed by atoms with Gasteiger partial charge in [0.05, 0.1) is 13.0 Å². The minimum absolute atomic E-state index is 0.0147. The number of aromatic amines is 1. The molecule has 0 aliphatic carbocycles. The number of hydrogen-bond donors (Lipinski definition) is 2. The fourth-order valence-electron chi connectivity index (χ4n) is 4.47. The molecular formula is C27H24FN3O2. The number of rotatable bonds is 5. The van der Waals surface area contributed by atoms with E-state index in [1.165, 1.54) is 12.1 Å². The lowest BCUT2D eigenvalue weighted by Gasteiger charge is -2.26. The van der Waals surface area contributed by atoms with Crippen LogP contribution in [0.15, 0.2) is 72.9 Å². The van der Waals surface area contributed by atoms with Crippen LogP contribution in [-0.4, -0.2) is 41.3 Å². The van der Waals surface area contributed by atoms with E-state index < -0.39 is 0 Å². The van der Waals surface area contributed by atoms with Crippen molar-refractivity contribution in [1.29, 1.82) is 0 Å². The third kappa shape index (κ3) is 4.37. The van der Waals surface area contributed by atoms with Crippen LogP contribution in [0.4, 0.5) is 4.39 Å². The zero-order chi connectivity index (χ0) is 22.8. The number of benzene rings is 3. The van der Waals surface area contributed by atoms with E-state index in [1.54, 1.807) is 11.0 Å². The van der Waals surface area contributed by atoms with Gasteiger partial charge in [-0.1, -0.05) is 48.5 Å². The van der Waals surface area contributed by atoms with E-state index in [4.69, 9.17) is 0 Å². The van der Waals surface area contributed by atoms with Gasteiger partial charge in [-0.15, -0.1) is 0 Å². The Balaban J connectivity index is 1.18. The van der Waals surface area contributed by atoms with Crippen LogP contribution in [0.2, 0.25) is 0 Å². The predicted molar refractivity (Wildman–Crippen MR) is 128 cm³/mol. The quantitative estimate of drug-likeness (QED) is 0.481. The number of halogens is 1. The van der Waals surface area contributed by atoms with E-state index in [0.29, 0.717) is 19.5 Å². The molecule has 2 N–H and O–H groups in total. The molecule has 4 aromatic rings. The second-order valence-corrected chi connectivity index (χ2v) is 8.30. The molecule has 3 aromatic carbocycles. The number of carbonyl (C=O) groups excluding carboxylic acids is 2. The summed E-state index contributed by atoms with van der Waals surface area (Å²) >= 11 is 0. The number of hydrogen-bond acceptors (Lipinski definition) is 2. The van der Waals surface area contributed by atoms with E-state index >= 15 is 0 Å². The first kappa shape index (κ1) is 20.9. The summed E-state index contributed by atoms with van der Waals surface area (Å²) in [5.74, 6) is -0.538. The maximum absolute atomic E-state index is 13.4. The third-order valence-corrected chi connectivity index (χ3v) is 6.22. The van der Waals surface area contributed by atoms with Gasteiger partial charge < -0.3 is 15.2 Å². The molecule has 0 radical (unpaired) electrons. The van der Waals surface area contributed by atoms with Gasteiger partial charge in [0.2, 0.25) is 11.8 Å². The first-order valence-corrected chi connectivity index (χ1v) is 11.1. The van der Waals surface area contributed by atoms with Crippen molar-refractivity contribution in [3.8, 4) is 0 Å². The smallest absolute Gasteiger partial charge is 0.242 e. The highest BCUT2D eigenvalue weighted by Crippen LogP contribution is 2.29. The zero-order valence-corrected chi connectivity index (χ0v) is 18.1. The Morgan fingerprint density at radius 1 is 1.03 bits per heavy atom. The number of nitrogens with zero attached hydrogens (tertiary/aromatic N) is 1. The second kappa shape index (κ2) is 8.90. The van der Waals surface area contributed by atoms with Crippen molar-refractivity contribution in [2.24, 2.45) is 0 Å².